The van der Waals surface area contributed by atoms with Gasteiger partial charge in [0.25, 0.3) is 0 Å². The molecular formula is C13H27NO. The summed E-state index contributed by atoms with van der Waals surface area (Å²) in [6.45, 7) is 7.74. The monoisotopic (exact) mass is 213 g/mol. The van der Waals surface area contributed by atoms with Crippen LogP contribution in [0.1, 0.15) is 52.9 Å². The summed E-state index contributed by atoms with van der Waals surface area (Å²) < 4.78 is 5.53. The Kier molecular flexibility index (Phi) is 5.07. The Morgan fingerprint density at radius 2 is 2.07 bits per heavy atom. The van der Waals surface area contributed by atoms with Crippen LogP contribution in [0.4, 0.5) is 0 Å². The molecule has 0 aromatic heterocycles. The SMILES string of the molecule is CCCNC(CC(C)(C)OC)C1CCC1. The van der Waals surface area contributed by atoms with Crippen molar-refractivity contribution in [2.45, 2.75) is 64.5 Å². The van der Waals surface area contributed by atoms with Crippen LogP contribution in [0.25, 0.3) is 0 Å². The minimum Gasteiger partial charge on any atom is -0.379 e. The lowest BCUT2D eigenvalue weighted by Crippen LogP contribution is -2.45. The normalized spacial score (nSPS) is 20.0. The molecule has 0 bridgehead atoms. The first-order valence-corrected chi connectivity index (χ1v) is 6.37. The quantitative estimate of drug-likeness (QED) is 0.702. The van der Waals surface area contributed by atoms with E-state index in [1.807, 2.05) is 7.11 Å². The molecule has 1 aliphatic carbocycles. The van der Waals surface area contributed by atoms with E-state index in [1.165, 1.54) is 25.7 Å². The first kappa shape index (κ1) is 13.0. The zero-order valence-electron chi connectivity index (χ0n) is 10.8. The Hall–Kier alpha value is -0.0800. The Morgan fingerprint density at radius 1 is 1.40 bits per heavy atom. The van der Waals surface area contributed by atoms with Crippen LogP contribution in [-0.4, -0.2) is 25.3 Å². The lowest BCUT2D eigenvalue weighted by Gasteiger charge is -2.38. The molecule has 0 amide bonds. The molecule has 2 nitrogen and oxygen atoms in total. The second kappa shape index (κ2) is 5.86. The van der Waals surface area contributed by atoms with Gasteiger partial charge >= 0.3 is 0 Å². The van der Waals surface area contributed by atoms with Crippen molar-refractivity contribution in [3.05, 3.63) is 0 Å². The van der Waals surface area contributed by atoms with Gasteiger partial charge in [-0.3, -0.25) is 0 Å². The van der Waals surface area contributed by atoms with Gasteiger partial charge in [0, 0.05) is 13.2 Å². The third-order valence-corrected chi connectivity index (χ3v) is 3.64. The predicted octanol–water partition coefficient (Wildman–Crippen LogP) is 2.97. The van der Waals surface area contributed by atoms with Gasteiger partial charge in [-0.2, -0.15) is 0 Å². The molecule has 0 heterocycles. The maximum absolute atomic E-state index is 5.53. The molecule has 0 aromatic rings. The highest BCUT2D eigenvalue weighted by Crippen LogP contribution is 2.33. The summed E-state index contributed by atoms with van der Waals surface area (Å²) in [5, 5.41) is 3.68. The zero-order valence-corrected chi connectivity index (χ0v) is 10.8. The van der Waals surface area contributed by atoms with E-state index in [0.717, 1.165) is 18.9 Å². The van der Waals surface area contributed by atoms with Gasteiger partial charge in [-0.1, -0.05) is 13.3 Å². The highest BCUT2D eigenvalue weighted by Gasteiger charge is 2.31. The average Bonchev–Trinajstić information content (AvgIpc) is 2.11. The summed E-state index contributed by atoms with van der Waals surface area (Å²) in [7, 11) is 1.82. The highest BCUT2D eigenvalue weighted by atomic mass is 16.5. The van der Waals surface area contributed by atoms with Crippen LogP contribution in [-0.2, 0) is 4.74 Å². The van der Waals surface area contributed by atoms with Crippen LogP contribution >= 0.6 is 0 Å². The van der Waals surface area contributed by atoms with Crippen molar-refractivity contribution in [2.75, 3.05) is 13.7 Å². The van der Waals surface area contributed by atoms with Crippen molar-refractivity contribution < 1.29 is 4.74 Å². The molecule has 2 heteroatoms. The lowest BCUT2D eigenvalue weighted by molar-refractivity contribution is -0.00331. The smallest absolute Gasteiger partial charge is 0.0637 e. The van der Waals surface area contributed by atoms with Crippen molar-refractivity contribution in [3.63, 3.8) is 0 Å². The van der Waals surface area contributed by atoms with Crippen LogP contribution in [0.2, 0.25) is 0 Å². The summed E-state index contributed by atoms with van der Waals surface area (Å²) in [6, 6.07) is 0.661. The molecule has 1 rings (SSSR count). The van der Waals surface area contributed by atoms with Crippen molar-refractivity contribution in [3.8, 4) is 0 Å². The molecule has 0 aromatic carbocycles. The molecule has 0 radical (unpaired) electrons. The number of methoxy groups -OCH3 is 1. The van der Waals surface area contributed by atoms with Gasteiger partial charge in [0.1, 0.15) is 0 Å². The maximum atomic E-state index is 5.53. The van der Waals surface area contributed by atoms with E-state index in [9.17, 15) is 0 Å². The molecule has 1 aliphatic rings. The van der Waals surface area contributed by atoms with Crippen LogP contribution in [0.15, 0.2) is 0 Å². The van der Waals surface area contributed by atoms with Crippen molar-refractivity contribution in [2.24, 2.45) is 5.92 Å². The van der Waals surface area contributed by atoms with Gasteiger partial charge in [0.15, 0.2) is 0 Å². The van der Waals surface area contributed by atoms with E-state index in [1.54, 1.807) is 0 Å². The number of rotatable bonds is 7. The fourth-order valence-electron chi connectivity index (χ4n) is 2.19. The summed E-state index contributed by atoms with van der Waals surface area (Å²) in [6.07, 6.45) is 6.58. The van der Waals surface area contributed by atoms with Gasteiger partial charge in [-0.05, 0) is 52.0 Å². The first-order valence-electron chi connectivity index (χ1n) is 6.37. The van der Waals surface area contributed by atoms with E-state index in [-0.39, 0.29) is 5.60 Å². The molecule has 1 fully saturated rings. The number of hydrogen-bond donors (Lipinski definition) is 1. The fraction of sp³-hybridized carbons (Fsp3) is 1.00. The third kappa shape index (κ3) is 4.12. The fourth-order valence-corrected chi connectivity index (χ4v) is 2.19. The van der Waals surface area contributed by atoms with Gasteiger partial charge < -0.3 is 10.1 Å². The molecular weight excluding hydrogens is 186 g/mol. The van der Waals surface area contributed by atoms with E-state index in [0.29, 0.717) is 6.04 Å². The second-order valence-electron chi connectivity index (χ2n) is 5.42. The predicted molar refractivity (Wildman–Crippen MR) is 65.1 cm³/mol. The first-order chi connectivity index (χ1) is 7.09. The van der Waals surface area contributed by atoms with Crippen LogP contribution in [0.5, 0.6) is 0 Å². The summed E-state index contributed by atoms with van der Waals surface area (Å²) in [5.41, 5.74) is 0.0149. The topological polar surface area (TPSA) is 21.3 Å². The number of hydrogen-bond acceptors (Lipinski definition) is 2. The van der Waals surface area contributed by atoms with Crippen molar-refractivity contribution >= 4 is 0 Å². The van der Waals surface area contributed by atoms with Gasteiger partial charge in [-0.25, -0.2) is 0 Å². The van der Waals surface area contributed by atoms with Gasteiger partial charge in [0.2, 0.25) is 0 Å². The largest absolute Gasteiger partial charge is 0.379 e. The van der Waals surface area contributed by atoms with Gasteiger partial charge in [0.05, 0.1) is 5.60 Å². The Labute approximate surface area is 94.8 Å². The summed E-state index contributed by atoms with van der Waals surface area (Å²) in [4.78, 5) is 0. The Balaban J connectivity index is 2.40. The molecule has 1 unspecified atom stereocenters. The Bertz CT molecular complexity index is 175. The van der Waals surface area contributed by atoms with Crippen LogP contribution in [0.3, 0.4) is 0 Å². The molecule has 15 heavy (non-hydrogen) atoms. The zero-order chi connectivity index (χ0) is 11.3. The second-order valence-corrected chi connectivity index (χ2v) is 5.42. The minimum absolute atomic E-state index is 0.0149. The van der Waals surface area contributed by atoms with Crippen LogP contribution in [0, 0.1) is 5.92 Å². The Morgan fingerprint density at radius 3 is 2.47 bits per heavy atom. The number of nitrogens with one attached hydrogen (secondary N) is 1. The van der Waals surface area contributed by atoms with Crippen molar-refractivity contribution in [1.29, 1.82) is 0 Å². The average molecular weight is 213 g/mol. The number of ether oxygens (including phenoxy) is 1. The van der Waals surface area contributed by atoms with E-state index >= 15 is 0 Å². The maximum Gasteiger partial charge on any atom is 0.0637 e. The molecule has 0 aliphatic heterocycles. The van der Waals surface area contributed by atoms with Gasteiger partial charge in [-0.15, -0.1) is 0 Å². The van der Waals surface area contributed by atoms with Crippen molar-refractivity contribution in [1.82, 2.24) is 5.32 Å². The summed E-state index contributed by atoms with van der Waals surface area (Å²) >= 11 is 0. The van der Waals surface area contributed by atoms with E-state index in [2.05, 4.69) is 26.1 Å². The lowest BCUT2D eigenvalue weighted by atomic mass is 9.76. The molecule has 1 atom stereocenters. The van der Waals surface area contributed by atoms with Crippen LogP contribution < -0.4 is 5.32 Å². The molecule has 1 N–H and O–H groups in total. The molecule has 90 valence electrons. The summed E-state index contributed by atoms with van der Waals surface area (Å²) in [5.74, 6) is 0.894. The molecule has 1 saturated carbocycles. The molecule has 0 saturated heterocycles. The third-order valence-electron chi connectivity index (χ3n) is 3.64. The minimum atomic E-state index is 0.0149. The molecule has 0 spiro atoms. The standard InChI is InChI=1S/C13H27NO/c1-5-9-14-12(11-7-6-8-11)10-13(2,3)15-4/h11-12,14H,5-10H2,1-4H3. The van der Waals surface area contributed by atoms with E-state index < -0.39 is 0 Å². The van der Waals surface area contributed by atoms with E-state index in [4.69, 9.17) is 4.74 Å². The highest BCUT2D eigenvalue weighted by molar-refractivity contribution is 4.87.